The summed E-state index contributed by atoms with van der Waals surface area (Å²) in [5.41, 5.74) is 2.73. The van der Waals surface area contributed by atoms with Gasteiger partial charge in [-0.25, -0.2) is 0 Å². The molecule has 1 fully saturated rings. The standard InChI is InChI=1S/C16H22O3S/c1-13(20(17,18)19)7-6-11-15-10-4-5-12-16(15)14-8-2-3-9-14/h4-5,10,12,14H,1-3,6-9,11H2,(H,17,18,19). The second kappa shape index (κ2) is 6.55. The van der Waals surface area contributed by atoms with Gasteiger partial charge in [-0.2, -0.15) is 8.42 Å². The molecular formula is C16H22O3S. The lowest BCUT2D eigenvalue weighted by atomic mass is 9.91. The summed E-state index contributed by atoms with van der Waals surface area (Å²) in [5, 5.41) is 0. The predicted octanol–water partition coefficient (Wildman–Crippen LogP) is 4.07. The molecule has 1 saturated carbocycles. The zero-order valence-electron chi connectivity index (χ0n) is 11.7. The lowest BCUT2D eigenvalue weighted by Gasteiger charge is -2.15. The molecule has 1 aliphatic carbocycles. The Morgan fingerprint density at radius 2 is 1.90 bits per heavy atom. The molecule has 20 heavy (non-hydrogen) atoms. The van der Waals surface area contributed by atoms with Gasteiger partial charge in [0, 0.05) is 0 Å². The van der Waals surface area contributed by atoms with E-state index in [0.29, 0.717) is 18.8 Å². The Morgan fingerprint density at radius 1 is 1.25 bits per heavy atom. The van der Waals surface area contributed by atoms with Gasteiger partial charge in [-0.05, 0) is 49.1 Å². The number of allylic oxidation sites excluding steroid dienone is 1. The van der Waals surface area contributed by atoms with Crippen molar-refractivity contribution in [3.05, 3.63) is 46.9 Å². The van der Waals surface area contributed by atoms with Crippen LogP contribution in [0.25, 0.3) is 0 Å². The minimum absolute atomic E-state index is 0.0872. The number of aryl methyl sites for hydroxylation is 1. The van der Waals surface area contributed by atoms with Gasteiger partial charge >= 0.3 is 0 Å². The molecule has 0 radical (unpaired) electrons. The molecule has 0 bridgehead atoms. The van der Waals surface area contributed by atoms with Crippen molar-refractivity contribution < 1.29 is 13.0 Å². The van der Waals surface area contributed by atoms with Gasteiger partial charge < -0.3 is 0 Å². The second-order valence-corrected chi connectivity index (χ2v) is 7.07. The minimum atomic E-state index is -4.08. The molecule has 1 aromatic carbocycles. The summed E-state index contributed by atoms with van der Waals surface area (Å²) in [5.74, 6) is 0.663. The average molecular weight is 294 g/mol. The molecule has 0 aromatic heterocycles. The Labute approximate surface area is 121 Å². The highest BCUT2D eigenvalue weighted by molar-refractivity contribution is 7.89. The van der Waals surface area contributed by atoms with Gasteiger partial charge in [0.2, 0.25) is 0 Å². The largest absolute Gasteiger partial charge is 0.290 e. The van der Waals surface area contributed by atoms with Crippen LogP contribution in [0.1, 0.15) is 55.6 Å². The van der Waals surface area contributed by atoms with Crippen molar-refractivity contribution in [3.63, 3.8) is 0 Å². The average Bonchev–Trinajstić information content (AvgIpc) is 2.92. The maximum atomic E-state index is 10.9. The maximum Gasteiger partial charge on any atom is 0.290 e. The summed E-state index contributed by atoms with van der Waals surface area (Å²) in [4.78, 5) is -0.0872. The first-order valence-electron chi connectivity index (χ1n) is 7.21. The van der Waals surface area contributed by atoms with E-state index in [1.54, 1.807) is 0 Å². The van der Waals surface area contributed by atoms with Crippen molar-refractivity contribution in [2.45, 2.75) is 50.9 Å². The van der Waals surface area contributed by atoms with Crippen LogP contribution in [-0.4, -0.2) is 13.0 Å². The number of benzene rings is 1. The SMILES string of the molecule is C=C(CCCc1ccccc1C1CCCC1)S(=O)(=O)O. The molecule has 3 nitrogen and oxygen atoms in total. The summed E-state index contributed by atoms with van der Waals surface area (Å²) >= 11 is 0. The summed E-state index contributed by atoms with van der Waals surface area (Å²) < 4.78 is 30.7. The van der Waals surface area contributed by atoms with Gasteiger partial charge in [0.05, 0.1) is 4.91 Å². The Balaban J connectivity index is 1.98. The predicted molar refractivity (Wildman–Crippen MR) is 81.3 cm³/mol. The van der Waals surface area contributed by atoms with Crippen LogP contribution >= 0.6 is 0 Å². The Kier molecular flexibility index (Phi) is 5.00. The quantitative estimate of drug-likeness (QED) is 0.805. The fraction of sp³-hybridized carbons (Fsp3) is 0.500. The molecule has 0 unspecified atom stereocenters. The molecule has 1 aliphatic rings. The highest BCUT2D eigenvalue weighted by Gasteiger charge is 2.19. The monoisotopic (exact) mass is 294 g/mol. The van der Waals surface area contributed by atoms with E-state index in [0.717, 1.165) is 6.42 Å². The topological polar surface area (TPSA) is 54.4 Å². The van der Waals surface area contributed by atoms with Crippen molar-refractivity contribution in [2.24, 2.45) is 0 Å². The lowest BCUT2D eigenvalue weighted by Crippen LogP contribution is -2.03. The van der Waals surface area contributed by atoms with Crippen LogP contribution in [0.5, 0.6) is 0 Å². The Bertz CT molecular complexity index is 569. The van der Waals surface area contributed by atoms with Crippen LogP contribution < -0.4 is 0 Å². The summed E-state index contributed by atoms with van der Waals surface area (Å²) in [6, 6.07) is 8.44. The van der Waals surface area contributed by atoms with Crippen molar-refractivity contribution in [3.8, 4) is 0 Å². The number of hydrogen-bond acceptors (Lipinski definition) is 2. The van der Waals surface area contributed by atoms with Crippen LogP contribution in [0.4, 0.5) is 0 Å². The lowest BCUT2D eigenvalue weighted by molar-refractivity contribution is 0.488. The van der Waals surface area contributed by atoms with Gasteiger partial charge in [0.25, 0.3) is 10.1 Å². The zero-order chi connectivity index (χ0) is 14.6. The highest BCUT2D eigenvalue weighted by Crippen LogP contribution is 2.36. The van der Waals surface area contributed by atoms with E-state index < -0.39 is 10.1 Å². The number of rotatable bonds is 6. The van der Waals surface area contributed by atoms with E-state index in [1.165, 1.54) is 36.8 Å². The number of hydrogen-bond donors (Lipinski definition) is 1. The first-order chi connectivity index (χ1) is 9.48. The molecule has 0 aliphatic heterocycles. The Morgan fingerprint density at radius 3 is 2.55 bits per heavy atom. The van der Waals surface area contributed by atoms with Gasteiger partial charge in [-0.3, -0.25) is 4.55 Å². The molecule has 0 saturated heterocycles. The molecule has 110 valence electrons. The van der Waals surface area contributed by atoms with Gasteiger partial charge in [-0.15, -0.1) is 0 Å². The maximum absolute atomic E-state index is 10.9. The highest BCUT2D eigenvalue weighted by atomic mass is 32.2. The fourth-order valence-electron chi connectivity index (χ4n) is 3.00. The third kappa shape index (κ3) is 3.93. The molecule has 0 spiro atoms. The van der Waals surface area contributed by atoms with Crippen LogP contribution in [0.3, 0.4) is 0 Å². The molecule has 0 atom stereocenters. The molecule has 1 aromatic rings. The van der Waals surface area contributed by atoms with E-state index in [4.69, 9.17) is 4.55 Å². The fourth-order valence-corrected chi connectivity index (χ4v) is 3.40. The van der Waals surface area contributed by atoms with Crippen LogP contribution in [0.15, 0.2) is 35.7 Å². The molecule has 0 heterocycles. The third-order valence-electron chi connectivity index (χ3n) is 4.12. The summed E-state index contributed by atoms with van der Waals surface area (Å²) in [6.45, 7) is 3.42. The first kappa shape index (κ1) is 15.3. The molecule has 4 heteroatoms. The minimum Gasteiger partial charge on any atom is -0.282 e. The van der Waals surface area contributed by atoms with Crippen LogP contribution in [0.2, 0.25) is 0 Å². The van der Waals surface area contributed by atoms with Crippen molar-refractivity contribution in [1.82, 2.24) is 0 Å². The van der Waals surface area contributed by atoms with E-state index >= 15 is 0 Å². The normalized spacial score (nSPS) is 16.4. The van der Waals surface area contributed by atoms with Gasteiger partial charge in [-0.1, -0.05) is 43.7 Å². The van der Waals surface area contributed by atoms with E-state index in [9.17, 15) is 8.42 Å². The Hall–Kier alpha value is -1.13. The molecule has 0 amide bonds. The van der Waals surface area contributed by atoms with Crippen molar-refractivity contribution in [2.75, 3.05) is 0 Å². The first-order valence-corrected chi connectivity index (χ1v) is 8.65. The third-order valence-corrected chi connectivity index (χ3v) is 5.05. The zero-order valence-corrected chi connectivity index (χ0v) is 12.5. The molecule has 1 N–H and O–H groups in total. The smallest absolute Gasteiger partial charge is 0.282 e. The van der Waals surface area contributed by atoms with Crippen molar-refractivity contribution >= 4 is 10.1 Å². The molecular weight excluding hydrogens is 272 g/mol. The van der Waals surface area contributed by atoms with E-state index in [2.05, 4.69) is 24.8 Å². The summed E-state index contributed by atoms with van der Waals surface area (Å²) in [6.07, 6.45) is 6.97. The van der Waals surface area contributed by atoms with Crippen LogP contribution in [0, 0.1) is 0 Å². The van der Waals surface area contributed by atoms with E-state index in [-0.39, 0.29) is 4.91 Å². The van der Waals surface area contributed by atoms with Crippen LogP contribution in [-0.2, 0) is 16.5 Å². The second-order valence-electron chi connectivity index (χ2n) is 5.55. The molecule has 2 rings (SSSR count). The van der Waals surface area contributed by atoms with Gasteiger partial charge in [0.1, 0.15) is 0 Å². The van der Waals surface area contributed by atoms with Crippen molar-refractivity contribution in [1.29, 1.82) is 0 Å². The van der Waals surface area contributed by atoms with E-state index in [1.807, 2.05) is 6.07 Å². The summed E-state index contributed by atoms with van der Waals surface area (Å²) in [7, 11) is -4.08. The van der Waals surface area contributed by atoms with Gasteiger partial charge in [0.15, 0.2) is 0 Å².